The van der Waals surface area contributed by atoms with E-state index >= 15 is 0 Å². The molecule has 2 aromatic carbocycles. The molecule has 2 aliphatic rings. The molecule has 0 bridgehead atoms. The number of nitrogens with one attached hydrogen (secondary N) is 1. The number of rotatable bonds is 6. The van der Waals surface area contributed by atoms with Crippen molar-refractivity contribution < 1.29 is 43.5 Å². The number of alkyl halides is 7. The predicted octanol–water partition coefficient (Wildman–Crippen LogP) is 6.30. The minimum atomic E-state index is -6.31. The molecule has 5 rings (SSSR count). The third-order valence-corrected chi connectivity index (χ3v) is 10.7. The third kappa shape index (κ3) is 5.17. The highest BCUT2D eigenvalue weighted by molar-refractivity contribution is 7.92. The fourth-order valence-corrected chi connectivity index (χ4v) is 7.70. The van der Waals surface area contributed by atoms with Crippen LogP contribution in [0.15, 0.2) is 59.6 Å². The van der Waals surface area contributed by atoms with Gasteiger partial charge < -0.3 is 5.32 Å². The number of nitrogens with zero attached hydrogens (tertiary/aromatic N) is 3. The lowest BCUT2D eigenvalue weighted by Gasteiger charge is -2.40. The lowest BCUT2D eigenvalue weighted by atomic mass is 9.80. The fraction of sp³-hybridized carbons (Fsp3) is 0.462. The Morgan fingerprint density at radius 3 is 1.88 bits per heavy atom. The molecule has 1 aliphatic heterocycles. The van der Waals surface area contributed by atoms with Crippen LogP contribution < -0.4 is 5.32 Å². The Balaban J connectivity index is 0.00000405. The smallest absolute Gasteiger partial charge is 0.315 e. The molecule has 1 saturated heterocycles. The number of hydrogen-bond acceptors (Lipinski definition) is 5. The highest BCUT2D eigenvalue weighted by atomic mass is 35.5. The van der Waals surface area contributed by atoms with E-state index in [1.54, 1.807) is 10.9 Å². The van der Waals surface area contributed by atoms with Crippen molar-refractivity contribution in [3.8, 4) is 0 Å². The van der Waals surface area contributed by atoms with E-state index in [4.69, 9.17) is 0 Å². The summed E-state index contributed by atoms with van der Waals surface area (Å²) in [6.07, 6.45) is -10.6. The summed E-state index contributed by atoms with van der Waals surface area (Å²) in [6.45, 7) is 1.50. The Bertz CT molecular complexity index is 1480. The number of sulfone groups is 1. The normalized spacial score (nSPS) is 22.3. The average molecular weight is 645 g/mol. The van der Waals surface area contributed by atoms with Crippen LogP contribution in [-0.2, 0) is 20.3 Å². The second-order valence-corrected chi connectivity index (χ2v) is 12.7. The first kappa shape index (κ1) is 32.1. The van der Waals surface area contributed by atoms with Crippen molar-refractivity contribution in [2.75, 3.05) is 13.1 Å². The summed E-state index contributed by atoms with van der Waals surface area (Å²) in [6, 6.07) is 5.92. The van der Waals surface area contributed by atoms with Crippen molar-refractivity contribution in [1.82, 2.24) is 20.3 Å². The maximum atomic E-state index is 14.6. The Hall–Kier alpha value is -2.78. The molecule has 2 heterocycles. The second kappa shape index (κ2) is 11.1. The maximum absolute atomic E-state index is 14.6. The van der Waals surface area contributed by atoms with Gasteiger partial charge in [-0.3, -0.25) is 0 Å². The van der Waals surface area contributed by atoms with Crippen LogP contribution in [0.1, 0.15) is 54.5 Å². The van der Waals surface area contributed by atoms with Gasteiger partial charge in [0.15, 0.2) is 9.84 Å². The molecule has 0 atom stereocenters. The van der Waals surface area contributed by atoms with Crippen molar-refractivity contribution in [2.45, 2.75) is 65.3 Å². The summed E-state index contributed by atoms with van der Waals surface area (Å²) in [5.74, 6) is -0.492. The van der Waals surface area contributed by atoms with Gasteiger partial charge in [0.05, 0.1) is 16.6 Å². The maximum Gasteiger partial charge on any atom is 0.435 e. The summed E-state index contributed by atoms with van der Waals surface area (Å²) in [7, 11) is -4.37. The van der Waals surface area contributed by atoms with Gasteiger partial charge in [0.1, 0.15) is 10.6 Å². The Labute approximate surface area is 241 Å². The van der Waals surface area contributed by atoms with Crippen LogP contribution in [0.5, 0.6) is 0 Å². The largest absolute Gasteiger partial charge is 0.435 e. The quantitative estimate of drug-likeness (QED) is 0.252. The van der Waals surface area contributed by atoms with E-state index in [0.717, 1.165) is 55.2 Å². The lowest BCUT2D eigenvalue weighted by molar-refractivity contribution is -0.348. The van der Waals surface area contributed by atoms with Crippen molar-refractivity contribution >= 4 is 22.2 Å². The molecule has 6 nitrogen and oxygen atoms in total. The van der Waals surface area contributed by atoms with E-state index in [2.05, 4.69) is 15.6 Å². The zero-order chi connectivity index (χ0) is 29.8. The molecule has 0 spiro atoms. The topological polar surface area (TPSA) is 76.9 Å². The number of aromatic nitrogens is 3. The van der Waals surface area contributed by atoms with E-state index in [-0.39, 0.29) is 60.5 Å². The Morgan fingerprint density at radius 2 is 1.40 bits per heavy atom. The first-order valence-electron chi connectivity index (χ1n) is 12.7. The van der Waals surface area contributed by atoms with Crippen LogP contribution in [0.3, 0.4) is 0 Å². The molecule has 1 N–H and O–H groups in total. The summed E-state index contributed by atoms with van der Waals surface area (Å²) in [4.78, 5) is -0.271. The second-order valence-electron chi connectivity index (χ2n) is 10.4. The van der Waals surface area contributed by atoms with E-state index in [1.165, 1.54) is 0 Å². The zero-order valence-electron chi connectivity index (χ0n) is 21.6. The van der Waals surface area contributed by atoms with Crippen LogP contribution in [0.4, 0.5) is 35.1 Å². The van der Waals surface area contributed by atoms with Crippen LogP contribution >= 0.6 is 12.4 Å². The van der Waals surface area contributed by atoms with E-state index in [0.29, 0.717) is 12.1 Å². The number of benzene rings is 2. The molecular formula is C26H25ClF8N4O2S. The standard InChI is InChI=1S/C26H24F8N4O2S.ClH/c27-19-5-7-21(8-6-19)41(39,40)23(11-9-20(10-12-23)38-15-22(36-37-38)16-13-35-14-16)17-1-3-18(4-2-17)24(28,25(29,30)31)26(32,33)34;/h1-8,15-16,20,35H,9-14H2;1H/t20-,23+;. The molecule has 42 heavy (non-hydrogen) atoms. The minimum Gasteiger partial charge on any atom is -0.315 e. The summed E-state index contributed by atoms with van der Waals surface area (Å²) < 4.78 is 136. The molecule has 0 amide bonds. The molecule has 0 unspecified atom stereocenters. The molecule has 16 heteroatoms. The fourth-order valence-electron chi connectivity index (χ4n) is 5.53. The Kier molecular flexibility index (Phi) is 8.46. The van der Waals surface area contributed by atoms with E-state index in [1.807, 2.05) is 0 Å². The SMILES string of the molecule is Cl.O=S(=O)(c1ccc(F)cc1)[C@]1(c2ccc(C(F)(C(F)(F)F)C(F)(F)F)cc2)CC[C@H](n2cc(C3CNC3)nn2)CC1. The number of hydrogen-bond donors (Lipinski definition) is 1. The predicted molar refractivity (Wildman–Crippen MR) is 137 cm³/mol. The molecular weight excluding hydrogens is 620 g/mol. The summed E-state index contributed by atoms with van der Waals surface area (Å²) >= 11 is 0. The molecule has 1 saturated carbocycles. The van der Waals surface area contributed by atoms with Gasteiger partial charge in [0, 0.05) is 30.8 Å². The first-order chi connectivity index (χ1) is 19.1. The highest BCUT2D eigenvalue weighted by Gasteiger charge is 2.73. The van der Waals surface area contributed by atoms with Crippen molar-refractivity contribution in [2.24, 2.45) is 0 Å². The van der Waals surface area contributed by atoms with E-state index < -0.39 is 44.0 Å². The molecule has 0 radical (unpaired) electrons. The van der Waals surface area contributed by atoms with Gasteiger partial charge in [0.2, 0.25) is 0 Å². The van der Waals surface area contributed by atoms with E-state index in [9.17, 15) is 43.5 Å². The summed E-state index contributed by atoms with van der Waals surface area (Å²) in [5.41, 5.74) is -6.69. The average Bonchev–Trinajstić information content (AvgIpc) is 3.35. The van der Waals surface area contributed by atoms with Crippen LogP contribution in [0.25, 0.3) is 0 Å². The van der Waals surface area contributed by atoms with Crippen molar-refractivity contribution in [3.05, 3.63) is 77.4 Å². The highest BCUT2D eigenvalue weighted by Crippen LogP contribution is 2.54. The van der Waals surface area contributed by atoms with Crippen molar-refractivity contribution in [1.29, 1.82) is 0 Å². The monoisotopic (exact) mass is 644 g/mol. The van der Waals surface area contributed by atoms with Gasteiger partial charge in [-0.1, -0.05) is 29.5 Å². The van der Waals surface area contributed by atoms with Crippen molar-refractivity contribution in [3.63, 3.8) is 0 Å². The lowest BCUT2D eigenvalue weighted by Crippen LogP contribution is -2.50. The molecule has 2 fully saturated rings. The van der Waals surface area contributed by atoms with Crippen LogP contribution in [0.2, 0.25) is 0 Å². The zero-order valence-corrected chi connectivity index (χ0v) is 23.2. The van der Waals surface area contributed by atoms with Gasteiger partial charge in [-0.25, -0.2) is 21.9 Å². The molecule has 1 aliphatic carbocycles. The third-order valence-electron chi connectivity index (χ3n) is 8.09. The molecule has 3 aromatic rings. The van der Waals surface area contributed by atoms with Crippen LogP contribution in [-0.4, -0.2) is 48.9 Å². The first-order valence-corrected chi connectivity index (χ1v) is 14.1. The van der Waals surface area contributed by atoms with Gasteiger partial charge in [0.25, 0.3) is 0 Å². The van der Waals surface area contributed by atoms with Gasteiger partial charge in [-0.2, -0.15) is 26.3 Å². The van der Waals surface area contributed by atoms with Gasteiger partial charge >= 0.3 is 18.0 Å². The minimum absolute atomic E-state index is 0. The van der Waals surface area contributed by atoms with Crippen LogP contribution in [0, 0.1) is 5.82 Å². The number of halogens is 9. The molecule has 230 valence electrons. The summed E-state index contributed by atoms with van der Waals surface area (Å²) in [5, 5.41) is 11.5. The molecule has 1 aromatic heterocycles. The van der Waals surface area contributed by atoms with Gasteiger partial charge in [-0.15, -0.1) is 17.5 Å². The van der Waals surface area contributed by atoms with Gasteiger partial charge in [-0.05, 0) is 55.5 Å². The Morgan fingerprint density at radius 1 is 0.857 bits per heavy atom.